The van der Waals surface area contributed by atoms with Crippen molar-refractivity contribution < 1.29 is 32.6 Å². The number of carbonyl (C=O) groups is 2. The maximum atomic E-state index is 13.0. The molecular formula is C19H18F3NO4. The Labute approximate surface area is 153 Å². The highest BCUT2D eigenvalue weighted by atomic mass is 19.4. The summed E-state index contributed by atoms with van der Waals surface area (Å²) in [6.07, 6.45) is -4.63. The maximum absolute atomic E-state index is 13.0. The van der Waals surface area contributed by atoms with Crippen molar-refractivity contribution in [3.63, 3.8) is 0 Å². The standard InChI is InChI=1S/C19H18F3NO4/c1-27-16-9-5-2-6-12(16)10-13(18(25)26)11-23-17(24)14-7-3-4-8-15(14)19(20,21)22/h2-9,13H,10-11H2,1H3,(H,23,24)(H,25,26). The minimum absolute atomic E-state index is 0.0561. The van der Waals surface area contributed by atoms with Crippen molar-refractivity contribution in [3.05, 3.63) is 65.2 Å². The number of hydrogen-bond acceptors (Lipinski definition) is 3. The molecular weight excluding hydrogens is 363 g/mol. The molecule has 2 aromatic rings. The van der Waals surface area contributed by atoms with E-state index in [0.717, 1.165) is 12.1 Å². The summed E-state index contributed by atoms with van der Waals surface area (Å²) in [7, 11) is 1.45. The molecule has 5 nitrogen and oxygen atoms in total. The zero-order chi connectivity index (χ0) is 20.0. The van der Waals surface area contributed by atoms with Crippen LogP contribution in [0.1, 0.15) is 21.5 Å². The Morgan fingerprint density at radius 1 is 1.11 bits per heavy atom. The fourth-order valence-electron chi connectivity index (χ4n) is 2.62. The molecule has 1 atom stereocenters. The summed E-state index contributed by atoms with van der Waals surface area (Å²) in [6.45, 7) is -0.321. The van der Waals surface area contributed by atoms with Gasteiger partial charge in [0.05, 0.1) is 24.2 Å². The van der Waals surface area contributed by atoms with Crippen LogP contribution in [0, 0.1) is 5.92 Å². The van der Waals surface area contributed by atoms with E-state index in [4.69, 9.17) is 4.74 Å². The molecule has 2 aromatic carbocycles. The van der Waals surface area contributed by atoms with Gasteiger partial charge in [-0.1, -0.05) is 30.3 Å². The van der Waals surface area contributed by atoms with E-state index in [-0.39, 0.29) is 13.0 Å². The number of halogens is 3. The number of ether oxygens (including phenoxy) is 1. The van der Waals surface area contributed by atoms with E-state index in [2.05, 4.69) is 5.32 Å². The van der Waals surface area contributed by atoms with Crippen LogP contribution in [-0.2, 0) is 17.4 Å². The smallest absolute Gasteiger partial charge is 0.417 e. The molecule has 0 spiro atoms. The van der Waals surface area contributed by atoms with Gasteiger partial charge >= 0.3 is 12.1 Å². The number of benzene rings is 2. The molecule has 8 heteroatoms. The molecule has 1 unspecified atom stereocenters. The highest BCUT2D eigenvalue weighted by Crippen LogP contribution is 2.31. The second kappa shape index (κ2) is 8.57. The number of nitrogens with one attached hydrogen (secondary N) is 1. The van der Waals surface area contributed by atoms with E-state index in [1.165, 1.54) is 19.2 Å². The molecule has 27 heavy (non-hydrogen) atoms. The molecule has 1 amide bonds. The molecule has 0 aliphatic rings. The lowest BCUT2D eigenvalue weighted by Gasteiger charge is -2.17. The van der Waals surface area contributed by atoms with Crippen LogP contribution in [0.5, 0.6) is 5.75 Å². The van der Waals surface area contributed by atoms with Gasteiger partial charge in [-0.05, 0) is 30.2 Å². The number of aliphatic carboxylic acids is 1. The van der Waals surface area contributed by atoms with Crippen LogP contribution in [-0.4, -0.2) is 30.6 Å². The SMILES string of the molecule is COc1ccccc1CC(CNC(=O)c1ccccc1C(F)(F)F)C(=O)O. The molecule has 144 valence electrons. The number of methoxy groups -OCH3 is 1. The van der Waals surface area contributed by atoms with Crippen LogP contribution in [0.3, 0.4) is 0 Å². The lowest BCUT2D eigenvalue weighted by Crippen LogP contribution is -2.35. The molecule has 0 aromatic heterocycles. The van der Waals surface area contributed by atoms with Gasteiger partial charge in [0, 0.05) is 6.54 Å². The van der Waals surface area contributed by atoms with Crippen molar-refractivity contribution in [3.8, 4) is 5.75 Å². The number of carboxylic acids is 1. The number of para-hydroxylation sites is 1. The number of amides is 1. The van der Waals surface area contributed by atoms with Crippen molar-refractivity contribution in [2.45, 2.75) is 12.6 Å². The third kappa shape index (κ3) is 5.22. The van der Waals surface area contributed by atoms with E-state index in [0.29, 0.717) is 11.3 Å². The minimum atomic E-state index is -4.68. The minimum Gasteiger partial charge on any atom is -0.496 e. The summed E-state index contributed by atoms with van der Waals surface area (Å²) in [5, 5.41) is 11.7. The summed E-state index contributed by atoms with van der Waals surface area (Å²) >= 11 is 0. The first-order valence-electron chi connectivity index (χ1n) is 8.03. The Morgan fingerprint density at radius 2 is 1.74 bits per heavy atom. The fourth-order valence-corrected chi connectivity index (χ4v) is 2.62. The molecule has 0 saturated carbocycles. The highest BCUT2D eigenvalue weighted by molar-refractivity contribution is 5.96. The van der Waals surface area contributed by atoms with Crippen molar-refractivity contribution in [1.82, 2.24) is 5.32 Å². The van der Waals surface area contributed by atoms with Crippen LogP contribution in [0.15, 0.2) is 48.5 Å². The maximum Gasteiger partial charge on any atom is 0.417 e. The zero-order valence-electron chi connectivity index (χ0n) is 14.4. The molecule has 0 heterocycles. The van der Waals surface area contributed by atoms with Gasteiger partial charge in [-0.2, -0.15) is 13.2 Å². The highest BCUT2D eigenvalue weighted by Gasteiger charge is 2.35. The number of alkyl halides is 3. The summed E-state index contributed by atoms with van der Waals surface area (Å²) in [4.78, 5) is 23.7. The quantitative estimate of drug-likeness (QED) is 0.771. The zero-order valence-corrected chi connectivity index (χ0v) is 14.4. The first-order valence-corrected chi connectivity index (χ1v) is 8.03. The lowest BCUT2D eigenvalue weighted by atomic mass is 9.98. The van der Waals surface area contributed by atoms with E-state index in [1.54, 1.807) is 24.3 Å². The average Bonchev–Trinajstić information content (AvgIpc) is 2.64. The third-order valence-electron chi connectivity index (χ3n) is 3.99. The van der Waals surface area contributed by atoms with Crippen LogP contribution < -0.4 is 10.1 Å². The largest absolute Gasteiger partial charge is 0.496 e. The number of carboxylic acid groups (broad SMARTS) is 1. The molecule has 0 bridgehead atoms. The number of rotatable bonds is 7. The van der Waals surface area contributed by atoms with E-state index < -0.39 is 35.1 Å². The molecule has 0 aliphatic carbocycles. The van der Waals surface area contributed by atoms with Crippen molar-refractivity contribution >= 4 is 11.9 Å². The molecule has 0 aliphatic heterocycles. The lowest BCUT2D eigenvalue weighted by molar-refractivity contribution is -0.141. The number of carbonyl (C=O) groups excluding carboxylic acids is 1. The summed E-state index contributed by atoms with van der Waals surface area (Å²) in [5.74, 6) is -2.68. The van der Waals surface area contributed by atoms with Gasteiger partial charge in [-0.15, -0.1) is 0 Å². The van der Waals surface area contributed by atoms with Gasteiger partial charge in [-0.3, -0.25) is 9.59 Å². The normalized spacial score (nSPS) is 12.3. The average molecular weight is 381 g/mol. The summed E-state index contributed by atoms with van der Waals surface area (Å²) < 4.78 is 44.2. The molecule has 0 fully saturated rings. The van der Waals surface area contributed by atoms with E-state index >= 15 is 0 Å². The second-order valence-corrected chi connectivity index (χ2v) is 5.80. The van der Waals surface area contributed by atoms with Crippen LogP contribution >= 0.6 is 0 Å². The molecule has 2 rings (SSSR count). The monoisotopic (exact) mass is 381 g/mol. The summed E-state index contributed by atoms with van der Waals surface area (Å²) in [5.41, 5.74) is -0.997. The Balaban J connectivity index is 2.13. The Kier molecular flexibility index (Phi) is 6.44. The van der Waals surface area contributed by atoms with Gasteiger partial charge in [0.1, 0.15) is 5.75 Å². The van der Waals surface area contributed by atoms with Crippen molar-refractivity contribution in [2.24, 2.45) is 5.92 Å². The molecule has 0 radical (unpaired) electrons. The predicted octanol–water partition coefficient (Wildman–Crippen LogP) is 3.39. The predicted molar refractivity (Wildman–Crippen MR) is 91.6 cm³/mol. The van der Waals surface area contributed by atoms with E-state index in [1.807, 2.05) is 0 Å². The molecule has 0 saturated heterocycles. The summed E-state index contributed by atoms with van der Waals surface area (Å²) in [6, 6.07) is 11.2. The topological polar surface area (TPSA) is 75.6 Å². The number of hydrogen-bond donors (Lipinski definition) is 2. The van der Waals surface area contributed by atoms with Gasteiger partial charge < -0.3 is 15.2 Å². The van der Waals surface area contributed by atoms with E-state index in [9.17, 15) is 27.9 Å². The molecule has 2 N–H and O–H groups in total. The van der Waals surface area contributed by atoms with Gasteiger partial charge in [-0.25, -0.2) is 0 Å². The Morgan fingerprint density at radius 3 is 2.37 bits per heavy atom. The Bertz CT molecular complexity index is 821. The van der Waals surface area contributed by atoms with Crippen LogP contribution in [0.25, 0.3) is 0 Å². The fraction of sp³-hybridized carbons (Fsp3) is 0.263. The van der Waals surface area contributed by atoms with Crippen molar-refractivity contribution in [1.29, 1.82) is 0 Å². The first kappa shape index (κ1) is 20.3. The second-order valence-electron chi connectivity index (χ2n) is 5.80. The van der Waals surface area contributed by atoms with Crippen molar-refractivity contribution in [2.75, 3.05) is 13.7 Å². The third-order valence-corrected chi connectivity index (χ3v) is 3.99. The van der Waals surface area contributed by atoms with Gasteiger partial charge in [0.25, 0.3) is 5.91 Å². The van der Waals surface area contributed by atoms with Crippen LogP contribution in [0.4, 0.5) is 13.2 Å². The van der Waals surface area contributed by atoms with Gasteiger partial charge in [0.2, 0.25) is 0 Å². The van der Waals surface area contributed by atoms with Gasteiger partial charge in [0.15, 0.2) is 0 Å². The first-order chi connectivity index (χ1) is 12.7. The van der Waals surface area contributed by atoms with Crippen LogP contribution in [0.2, 0.25) is 0 Å². The Hall–Kier alpha value is -3.03.